The van der Waals surface area contributed by atoms with E-state index in [-0.39, 0.29) is 24.0 Å². The molecule has 1 aliphatic heterocycles. The number of rotatable bonds is 7. The minimum atomic E-state index is -2.71. The molecule has 160 valence electrons. The molecule has 3 rings (SSSR count). The molecule has 0 amide bonds. The Morgan fingerprint density at radius 3 is 2.13 bits per heavy atom. The molecule has 1 unspecified atom stereocenters. The number of aliphatic hydroxyl groups is 1. The highest BCUT2D eigenvalue weighted by Gasteiger charge is 2.51. The molecule has 1 heterocycles. The number of hydrogen-bond acceptors (Lipinski definition) is 4. The molecule has 0 radical (unpaired) electrons. The van der Waals surface area contributed by atoms with Gasteiger partial charge in [0.05, 0.1) is 18.6 Å². The summed E-state index contributed by atoms with van der Waals surface area (Å²) in [5, 5.41) is 13.0. The van der Waals surface area contributed by atoms with E-state index in [2.05, 4.69) is 51.6 Å². The molecule has 2 atom stereocenters. The van der Waals surface area contributed by atoms with E-state index in [1.165, 1.54) is 10.4 Å². The van der Waals surface area contributed by atoms with Crippen LogP contribution in [0.2, 0.25) is 5.04 Å². The van der Waals surface area contributed by atoms with Gasteiger partial charge in [-0.2, -0.15) is 0 Å². The second kappa shape index (κ2) is 8.88. The number of hydrogen-bond donors (Lipinski definition) is 1. The third-order valence-corrected chi connectivity index (χ3v) is 10.8. The highest BCUT2D eigenvalue weighted by molar-refractivity contribution is 6.99. The molecule has 1 N–H and O–H groups in total. The zero-order chi connectivity index (χ0) is 21.8. The fourth-order valence-corrected chi connectivity index (χ4v) is 9.12. The Labute approximate surface area is 180 Å². The fourth-order valence-electron chi connectivity index (χ4n) is 4.53. The molecular formula is C25H32O4Si. The van der Waals surface area contributed by atoms with Gasteiger partial charge >= 0.3 is 5.97 Å². The molecule has 30 heavy (non-hydrogen) atoms. The molecule has 2 aromatic rings. The number of esters is 1. The topological polar surface area (TPSA) is 55.8 Å². The Hall–Kier alpha value is -2.21. The monoisotopic (exact) mass is 424 g/mol. The summed E-state index contributed by atoms with van der Waals surface area (Å²) in [5.41, 5.74) is -1.11. The number of carbonyl (C=O) groups is 1. The Kier molecular flexibility index (Phi) is 6.65. The third kappa shape index (κ3) is 4.58. The lowest BCUT2D eigenvalue weighted by atomic mass is 9.87. The molecule has 1 aliphatic rings. The van der Waals surface area contributed by atoms with E-state index in [1.54, 1.807) is 6.08 Å². The van der Waals surface area contributed by atoms with E-state index in [4.69, 9.17) is 9.16 Å². The minimum Gasteiger partial charge on any atom is -0.460 e. The van der Waals surface area contributed by atoms with Crippen molar-refractivity contribution in [1.29, 1.82) is 0 Å². The van der Waals surface area contributed by atoms with Gasteiger partial charge in [0.15, 0.2) is 0 Å². The van der Waals surface area contributed by atoms with Crippen molar-refractivity contribution in [2.45, 2.75) is 56.8 Å². The van der Waals surface area contributed by atoms with Crippen molar-refractivity contribution >= 4 is 24.7 Å². The summed E-state index contributed by atoms with van der Waals surface area (Å²) < 4.78 is 12.4. The van der Waals surface area contributed by atoms with Crippen molar-refractivity contribution in [3.63, 3.8) is 0 Å². The maximum Gasteiger partial charge on any atom is 0.309 e. The summed E-state index contributed by atoms with van der Waals surface area (Å²) in [6, 6.07) is 20.7. The van der Waals surface area contributed by atoms with Gasteiger partial charge in [-0.15, -0.1) is 6.58 Å². The highest BCUT2D eigenvalue weighted by atomic mass is 28.4. The first-order chi connectivity index (χ1) is 14.2. The number of carbonyl (C=O) groups excluding carboxylic acids is 1. The summed E-state index contributed by atoms with van der Waals surface area (Å²) in [4.78, 5) is 12.2. The van der Waals surface area contributed by atoms with Crippen LogP contribution in [0.4, 0.5) is 0 Å². The van der Waals surface area contributed by atoms with Crippen molar-refractivity contribution in [2.24, 2.45) is 0 Å². The van der Waals surface area contributed by atoms with Crippen molar-refractivity contribution in [3.05, 3.63) is 73.3 Å². The zero-order valence-corrected chi connectivity index (χ0v) is 19.1. The molecular weight excluding hydrogens is 392 g/mol. The van der Waals surface area contributed by atoms with Crippen LogP contribution in [0.25, 0.3) is 0 Å². The second-order valence-electron chi connectivity index (χ2n) is 9.18. The van der Waals surface area contributed by atoms with Crippen LogP contribution in [0.15, 0.2) is 73.3 Å². The third-order valence-electron chi connectivity index (χ3n) is 5.81. The van der Waals surface area contributed by atoms with Gasteiger partial charge in [-0.1, -0.05) is 87.5 Å². The van der Waals surface area contributed by atoms with Gasteiger partial charge in [0.2, 0.25) is 0 Å². The van der Waals surface area contributed by atoms with Crippen LogP contribution in [-0.4, -0.2) is 37.7 Å². The van der Waals surface area contributed by atoms with Crippen LogP contribution in [-0.2, 0) is 14.0 Å². The Bertz CT molecular complexity index is 820. The maximum atomic E-state index is 12.2. The van der Waals surface area contributed by atoms with Crippen LogP contribution >= 0.6 is 0 Å². The molecule has 0 spiro atoms. The van der Waals surface area contributed by atoms with E-state index in [1.807, 2.05) is 36.4 Å². The first-order valence-electron chi connectivity index (χ1n) is 10.5. The Balaban J connectivity index is 1.98. The van der Waals surface area contributed by atoms with Crippen molar-refractivity contribution < 1.29 is 19.1 Å². The van der Waals surface area contributed by atoms with Gasteiger partial charge < -0.3 is 14.3 Å². The predicted octanol–water partition coefficient (Wildman–Crippen LogP) is 3.58. The van der Waals surface area contributed by atoms with Crippen LogP contribution in [0.3, 0.4) is 0 Å². The molecule has 1 saturated heterocycles. The van der Waals surface area contributed by atoms with Crippen molar-refractivity contribution in [3.8, 4) is 0 Å². The van der Waals surface area contributed by atoms with Gasteiger partial charge in [-0.25, -0.2) is 0 Å². The van der Waals surface area contributed by atoms with Crippen LogP contribution in [0.1, 0.15) is 40.0 Å². The second-order valence-corrected chi connectivity index (χ2v) is 13.5. The molecule has 0 bridgehead atoms. The quantitative estimate of drug-likeness (QED) is 0.419. The van der Waals surface area contributed by atoms with Crippen molar-refractivity contribution in [1.82, 2.24) is 0 Å². The van der Waals surface area contributed by atoms with Gasteiger partial charge in [0.25, 0.3) is 8.32 Å². The van der Waals surface area contributed by atoms with Gasteiger partial charge in [0, 0.05) is 6.42 Å². The smallest absolute Gasteiger partial charge is 0.309 e. The van der Waals surface area contributed by atoms with E-state index < -0.39 is 20.0 Å². The average Bonchev–Trinajstić information content (AvgIpc) is 2.68. The van der Waals surface area contributed by atoms with E-state index in [0.29, 0.717) is 12.8 Å². The molecule has 1 fully saturated rings. The number of benzene rings is 2. The number of cyclic esters (lactones) is 1. The molecule has 0 aromatic heterocycles. The van der Waals surface area contributed by atoms with Gasteiger partial charge in [-0.05, 0) is 21.8 Å². The Morgan fingerprint density at radius 2 is 1.67 bits per heavy atom. The van der Waals surface area contributed by atoms with E-state index in [0.717, 1.165) is 0 Å². The lowest BCUT2D eigenvalue weighted by Gasteiger charge is -2.44. The molecule has 5 heteroatoms. The standard InChI is InChI=1S/C25H32O4Si/c1-5-16-25(27)17-20(29-23(26)18-25)19-28-30(24(2,3)4,21-12-8-6-9-13-21)22-14-10-7-11-15-22/h5-15,20,27H,1,16-19H2,2-4H3/t20-,25?/m1/s1. The lowest BCUT2D eigenvalue weighted by Crippen LogP contribution is -2.67. The fraction of sp³-hybridized carbons (Fsp3) is 0.400. The largest absolute Gasteiger partial charge is 0.460 e. The summed E-state index contributed by atoms with van der Waals surface area (Å²) in [6.45, 7) is 10.6. The zero-order valence-electron chi connectivity index (χ0n) is 18.1. The normalized spacial score (nSPS) is 22.4. The summed E-state index contributed by atoms with van der Waals surface area (Å²) in [7, 11) is -2.71. The SMILES string of the molecule is C=CCC1(O)CC(=O)O[C@@H](CO[Si](c2ccccc2)(c2ccccc2)C(C)(C)C)C1. The van der Waals surface area contributed by atoms with E-state index in [9.17, 15) is 9.90 Å². The van der Waals surface area contributed by atoms with Gasteiger partial charge in [0.1, 0.15) is 6.10 Å². The highest BCUT2D eigenvalue weighted by Crippen LogP contribution is 2.38. The van der Waals surface area contributed by atoms with Crippen molar-refractivity contribution in [2.75, 3.05) is 6.61 Å². The minimum absolute atomic E-state index is 0.00523. The average molecular weight is 425 g/mol. The van der Waals surface area contributed by atoms with E-state index >= 15 is 0 Å². The first kappa shape index (κ1) is 22.5. The van der Waals surface area contributed by atoms with Gasteiger partial charge in [-0.3, -0.25) is 4.79 Å². The Morgan fingerprint density at radius 1 is 1.13 bits per heavy atom. The molecule has 0 aliphatic carbocycles. The number of ether oxygens (including phenoxy) is 1. The lowest BCUT2D eigenvalue weighted by molar-refractivity contribution is -0.172. The summed E-state index contributed by atoms with van der Waals surface area (Å²) in [5.74, 6) is -0.387. The van der Waals surface area contributed by atoms with Crippen LogP contribution in [0, 0.1) is 0 Å². The summed E-state index contributed by atoms with van der Waals surface area (Å²) >= 11 is 0. The molecule has 2 aromatic carbocycles. The summed E-state index contributed by atoms with van der Waals surface area (Å²) in [6.07, 6.45) is 1.87. The maximum absolute atomic E-state index is 12.2. The molecule has 4 nitrogen and oxygen atoms in total. The first-order valence-corrected chi connectivity index (χ1v) is 12.4. The van der Waals surface area contributed by atoms with Crippen LogP contribution < -0.4 is 10.4 Å². The van der Waals surface area contributed by atoms with Crippen LogP contribution in [0.5, 0.6) is 0 Å². The predicted molar refractivity (Wildman–Crippen MR) is 122 cm³/mol. The molecule has 0 saturated carbocycles.